The summed E-state index contributed by atoms with van der Waals surface area (Å²) in [6, 6.07) is 9.64. The average molecular weight is 304 g/mol. The minimum Gasteiger partial charge on any atom is -0.369 e. The third-order valence-corrected chi connectivity index (χ3v) is 3.27. The molecule has 0 fully saturated rings. The van der Waals surface area contributed by atoms with Crippen LogP contribution < -0.4 is 10.6 Å². The van der Waals surface area contributed by atoms with Crippen molar-refractivity contribution in [1.29, 1.82) is 0 Å². The minimum atomic E-state index is -0.186. The number of carbonyl (C=O) groups excluding carboxylic acids is 1. The summed E-state index contributed by atoms with van der Waals surface area (Å²) < 4.78 is 0. The second kappa shape index (κ2) is 7.09. The van der Waals surface area contributed by atoms with Crippen LogP contribution in [0, 0.1) is 6.92 Å². The first-order valence-corrected chi connectivity index (χ1v) is 7.21. The molecule has 2 rings (SSSR count). The number of pyridine rings is 1. The van der Waals surface area contributed by atoms with E-state index >= 15 is 0 Å². The SMILES string of the molecule is CCNc1ncc(C(=O)NCc2cccc(C)c2)cc1Cl. The van der Waals surface area contributed by atoms with Crippen molar-refractivity contribution in [1.82, 2.24) is 10.3 Å². The first-order valence-electron chi connectivity index (χ1n) is 6.83. The zero-order valence-electron chi connectivity index (χ0n) is 12.1. The fourth-order valence-electron chi connectivity index (χ4n) is 1.97. The molecule has 1 aromatic heterocycles. The molecule has 4 nitrogen and oxygen atoms in total. The zero-order chi connectivity index (χ0) is 15.2. The molecular weight excluding hydrogens is 286 g/mol. The highest BCUT2D eigenvalue weighted by Crippen LogP contribution is 2.19. The summed E-state index contributed by atoms with van der Waals surface area (Å²) in [5.74, 6) is 0.406. The van der Waals surface area contributed by atoms with E-state index in [9.17, 15) is 4.79 Å². The highest BCUT2D eigenvalue weighted by atomic mass is 35.5. The van der Waals surface area contributed by atoms with E-state index in [4.69, 9.17) is 11.6 Å². The number of halogens is 1. The van der Waals surface area contributed by atoms with Gasteiger partial charge in [0.1, 0.15) is 5.82 Å². The Morgan fingerprint density at radius 2 is 2.14 bits per heavy atom. The number of carbonyl (C=O) groups is 1. The number of aromatic nitrogens is 1. The number of anilines is 1. The standard InChI is InChI=1S/C16H18ClN3O/c1-3-18-15-14(17)8-13(10-19-15)16(21)20-9-12-6-4-5-11(2)7-12/h4-8,10H,3,9H2,1-2H3,(H,18,19)(H,20,21). The predicted molar refractivity (Wildman–Crippen MR) is 85.8 cm³/mol. The molecule has 1 heterocycles. The molecule has 0 saturated carbocycles. The van der Waals surface area contributed by atoms with Gasteiger partial charge in [-0.3, -0.25) is 4.79 Å². The second-order valence-corrected chi connectivity index (χ2v) is 5.16. The molecule has 2 aromatic rings. The normalized spacial score (nSPS) is 10.2. The van der Waals surface area contributed by atoms with Gasteiger partial charge in [-0.05, 0) is 25.5 Å². The van der Waals surface area contributed by atoms with Crippen LogP contribution >= 0.6 is 11.6 Å². The van der Waals surface area contributed by atoms with Crippen molar-refractivity contribution in [2.24, 2.45) is 0 Å². The van der Waals surface area contributed by atoms with Crippen LogP contribution in [-0.4, -0.2) is 17.4 Å². The first kappa shape index (κ1) is 15.3. The molecule has 1 aromatic carbocycles. The van der Waals surface area contributed by atoms with Crippen LogP contribution in [0.25, 0.3) is 0 Å². The highest BCUT2D eigenvalue weighted by Gasteiger charge is 2.09. The lowest BCUT2D eigenvalue weighted by molar-refractivity contribution is 0.0950. The maximum atomic E-state index is 12.1. The van der Waals surface area contributed by atoms with Gasteiger partial charge in [0.15, 0.2) is 0 Å². The fourth-order valence-corrected chi connectivity index (χ4v) is 2.20. The monoisotopic (exact) mass is 303 g/mol. The number of nitrogens with one attached hydrogen (secondary N) is 2. The van der Waals surface area contributed by atoms with E-state index in [1.807, 2.05) is 38.1 Å². The molecule has 0 aliphatic heterocycles. The van der Waals surface area contributed by atoms with Crippen LogP contribution in [0.15, 0.2) is 36.5 Å². The Balaban J connectivity index is 2.02. The highest BCUT2D eigenvalue weighted by molar-refractivity contribution is 6.33. The average Bonchev–Trinajstić information content (AvgIpc) is 2.47. The predicted octanol–water partition coefficient (Wildman–Crippen LogP) is 3.41. The summed E-state index contributed by atoms with van der Waals surface area (Å²) in [6.45, 7) is 5.19. The van der Waals surface area contributed by atoms with Gasteiger partial charge in [-0.2, -0.15) is 0 Å². The van der Waals surface area contributed by atoms with Crippen LogP contribution in [0.3, 0.4) is 0 Å². The zero-order valence-corrected chi connectivity index (χ0v) is 12.9. The maximum Gasteiger partial charge on any atom is 0.253 e. The summed E-state index contributed by atoms with van der Waals surface area (Å²) in [6.07, 6.45) is 1.52. The lowest BCUT2D eigenvalue weighted by Crippen LogP contribution is -2.23. The van der Waals surface area contributed by atoms with Crippen molar-refractivity contribution < 1.29 is 4.79 Å². The second-order valence-electron chi connectivity index (χ2n) is 4.76. The molecule has 1 amide bonds. The fraction of sp³-hybridized carbons (Fsp3) is 0.250. The molecular formula is C16H18ClN3O. The topological polar surface area (TPSA) is 54.0 Å². The van der Waals surface area contributed by atoms with Gasteiger partial charge in [0.25, 0.3) is 5.91 Å². The Hall–Kier alpha value is -2.07. The van der Waals surface area contributed by atoms with E-state index in [2.05, 4.69) is 15.6 Å². The van der Waals surface area contributed by atoms with Gasteiger partial charge in [0, 0.05) is 19.3 Å². The summed E-state index contributed by atoms with van der Waals surface area (Å²) in [5, 5.41) is 6.34. The third kappa shape index (κ3) is 4.20. The van der Waals surface area contributed by atoms with Gasteiger partial charge < -0.3 is 10.6 Å². The quantitative estimate of drug-likeness (QED) is 0.890. The summed E-state index contributed by atoms with van der Waals surface area (Å²) >= 11 is 6.09. The van der Waals surface area contributed by atoms with Crippen LogP contribution in [-0.2, 0) is 6.54 Å². The molecule has 0 radical (unpaired) electrons. The summed E-state index contributed by atoms with van der Waals surface area (Å²) in [5.41, 5.74) is 2.68. The van der Waals surface area contributed by atoms with Crippen molar-refractivity contribution in [3.63, 3.8) is 0 Å². The van der Waals surface area contributed by atoms with E-state index in [1.54, 1.807) is 6.07 Å². The summed E-state index contributed by atoms with van der Waals surface area (Å²) in [7, 11) is 0. The van der Waals surface area contributed by atoms with Gasteiger partial charge >= 0.3 is 0 Å². The Labute approximate surface area is 129 Å². The molecule has 0 aliphatic rings. The van der Waals surface area contributed by atoms with Gasteiger partial charge in [0.2, 0.25) is 0 Å². The molecule has 2 N–H and O–H groups in total. The first-order chi connectivity index (χ1) is 10.1. The van der Waals surface area contributed by atoms with E-state index in [0.29, 0.717) is 22.9 Å². The smallest absolute Gasteiger partial charge is 0.253 e. The van der Waals surface area contributed by atoms with E-state index in [0.717, 1.165) is 12.1 Å². The summed E-state index contributed by atoms with van der Waals surface area (Å²) in [4.78, 5) is 16.2. The van der Waals surface area contributed by atoms with Crippen LogP contribution in [0.1, 0.15) is 28.4 Å². The van der Waals surface area contributed by atoms with Crippen LogP contribution in [0.2, 0.25) is 5.02 Å². The van der Waals surface area contributed by atoms with Crippen LogP contribution in [0.4, 0.5) is 5.82 Å². The van der Waals surface area contributed by atoms with Crippen molar-refractivity contribution in [3.8, 4) is 0 Å². The van der Waals surface area contributed by atoms with Gasteiger partial charge in [-0.15, -0.1) is 0 Å². The molecule has 0 spiro atoms. The Kier molecular flexibility index (Phi) is 5.17. The largest absolute Gasteiger partial charge is 0.369 e. The Bertz CT molecular complexity index is 643. The van der Waals surface area contributed by atoms with Gasteiger partial charge in [0.05, 0.1) is 10.6 Å². The van der Waals surface area contributed by atoms with Gasteiger partial charge in [-0.25, -0.2) is 4.98 Å². The lowest BCUT2D eigenvalue weighted by atomic mass is 10.1. The Morgan fingerprint density at radius 1 is 1.33 bits per heavy atom. The molecule has 110 valence electrons. The van der Waals surface area contributed by atoms with E-state index in [1.165, 1.54) is 11.8 Å². The molecule has 0 atom stereocenters. The van der Waals surface area contributed by atoms with E-state index < -0.39 is 0 Å². The minimum absolute atomic E-state index is 0.186. The van der Waals surface area contributed by atoms with Gasteiger partial charge in [-0.1, -0.05) is 41.4 Å². The molecule has 0 aliphatic carbocycles. The van der Waals surface area contributed by atoms with Crippen molar-refractivity contribution >= 4 is 23.3 Å². The number of hydrogen-bond acceptors (Lipinski definition) is 3. The molecule has 5 heteroatoms. The number of amides is 1. The Morgan fingerprint density at radius 3 is 2.81 bits per heavy atom. The molecule has 0 saturated heterocycles. The van der Waals surface area contributed by atoms with Crippen molar-refractivity contribution in [3.05, 3.63) is 58.2 Å². The number of benzene rings is 1. The number of rotatable bonds is 5. The molecule has 0 unspecified atom stereocenters. The molecule has 21 heavy (non-hydrogen) atoms. The number of nitrogens with zero attached hydrogens (tertiary/aromatic N) is 1. The van der Waals surface area contributed by atoms with E-state index in [-0.39, 0.29) is 5.91 Å². The lowest BCUT2D eigenvalue weighted by Gasteiger charge is -2.08. The third-order valence-electron chi connectivity index (χ3n) is 2.98. The number of aryl methyl sites for hydroxylation is 1. The molecule has 0 bridgehead atoms. The van der Waals surface area contributed by atoms with Crippen molar-refractivity contribution in [2.45, 2.75) is 20.4 Å². The van der Waals surface area contributed by atoms with Crippen LogP contribution in [0.5, 0.6) is 0 Å². The van der Waals surface area contributed by atoms with Crippen molar-refractivity contribution in [2.75, 3.05) is 11.9 Å². The number of hydrogen-bond donors (Lipinski definition) is 2. The maximum absolute atomic E-state index is 12.1.